The van der Waals surface area contributed by atoms with Crippen molar-refractivity contribution in [1.82, 2.24) is 9.97 Å². The number of hydrogen-bond acceptors (Lipinski definition) is 5. The third kappa shape index (κ3) is 3.78. The van der Waals surface area contributed by atoms with E-state index in [4.69, 9.17) is 10.6 Å². The summed E-state index contributed by atoms with van der Waals surface area (Å²) in [5, 5.41) is 1.62. The lowest BCUT2D eigenvalue weighted by atomic mass is 10.1. The summed E-state index contributed by atoms with van der Waals surface area (Å²) in [7, 11) is 1.83. The van der Waals surface area contributed by atoms with Crippen LogP contribution in [-0.4, -0.2) is 17.0 Å². The van der Waals surface area contributed by atoms with E-state index in [0.717, 1.165) is 39.4 Å². The Morgan fingerprint density at radius 1 is 1.08 bits per heavy atom. The monoisotopic (exact) mass is 334 g/mol. The van der Waals surface area contributed by atoms with Gasteiger partial charge in [0, 0.05) is 30.6 Å². The SMILES string of the molecule is Cc1cc(-c2cnccn2)ccc1OCc1c(C)cccc1N(C)N. The average molecular weight is 334 g/mol. The van der Waals surface area contributed by atoms with Gasteiger partial charge in [-0.25, -0.2) is 5.84 Å². The lowest BCUT2D eigenvalue weighted by molar-refractivity contribution is 0.303. The Morgan fingerprint density at radius 3 is 2.60 bits per heavy atom. The van der Waals surface area contributed by atoms with Gasteiger partial charge in [-0.3, -0.25) is 9.97 Å². The predicted octanol–water partition coefficient (Wildman–Crippen LogP) is 3.65. The number of ether oxygens (including phenoxy) is 1. The van der Waals surface area contributed by atoms with Gasteiger partial charge in [0.05, 0.1) is 17.6 Å². The van der Waals surface area contributed by atoms with E-state index >= 15 is 0 Å². The summed E-state index contributed by atoms with van der Waals surface area (Å²) in [6.07, 6.45) is 5.12. The van der Waals surface area contributed by atoms with Gasteiger partial charge in [0.25, 0.3) is 0 Å². The standard InChI is InChI=1S/C20H22N4O/c1-14-5-4-6-19(24(3)21)17(14)13-25-20-8-7-16(11-15(20)2)18-12-22-9-10-23-18/h4-12H,13,21H2,1-3H3. The van der Waals surface area contributed by atoms with E-state index in [1.807, 2.05) is 38.2 Å². The molecule has 0 aliphatic carbocycles. The second kappa shape index (κ2) is 7.32. The Kier molecular flexibility index (Phi) is 4.95. The average Bonchev–Trinajstić information content (AvgIpc) is 2.62. The van der Waals surface area contributed by atoms with Gasteiger partial charge >= 0.3 is 0 Å². The summed E-state index contributed by atoms with van der Waals surface area (Å²) < 4.78 is 6.07. The van der Waals surface area contributed by atoms with Crippen LogP contribution in [0, 0.1) is 13.8 Å². The lowest BCUT2D eigenvalue weighted by Crippen LogP contribution is -2.26. The maximum absolute atomic E-state index is 6.07. The smallest absolute Gasteiger partial charge is 0.122 e. The first-order valence-electron chi connectivity index (χ1n) is 8.13. The molecular weight excluding hydrogens is 312 g/mol. The predicted molar refractivity (Wildman–Crippen MR) is 100 cm³/mol. The highest BCUT2D eigenvalue weighted by Crippen LogP contribution is 2.27. The molecule has 0 unspecified atom stereocenters. The van der Waals surface area contributed by atoms with Crippen molar-refractivity contribution in [3.63, 3.8) is 0 Å². The van der Waals surface area contributed by atoms with Gasteiger partial charge in [-0.1, -0.05) is 12.1 Å². The van der Waals surface area contributed by atoms with Crippen LogP contribution in [-0.2, 0) is 6.61 Å². The first kappa shape index (κ1) is 16.9. The molecule has 25 heavy (non-hydrogen) atoms. The summed E-state index contributed by atoms with van der Waals surface area (Å²) in [6, 6.07) is 12.1. The molecule has 5 heteroatoms. The number of aromatic nitrogens is 2. The van der Waals surface area contributed by atoms with Crippen LogP contribution in [0.4, 0.5) is 5.69 Å². The summed E-state index contributed by atoms with van der Waals surface area (Å²) >= 11 is 0. The molecule has 1 aromatic heterocycles. The first-order chi connectivity index (χ1) is 12.1. The van der Waals surface area contributed by atoms with Crippen molar-refractivity contribution in [3.8, 4) is 17.0 Å². The van der Waals surface area contributed by atoms with Crippen molar-refractivity contribution in [3.05, 3.63) is 71.7 Å². The molecule has 1 heterocycles. The van der Waals surface area contributed by atoms with Gasteiger partial charge in [-0.15, -0.1) is 0 Å². The molecule has 0 amide bonds. The van der Waals surface area contributed by atoms with Crippen LogP contribution < -0.4 is 15.6 Å². The van der Waals surface area contributed by atoms with Gasteiger partial charge in [0.2, 0.25) is 0 Å². The van der Waals surface area contributed by atoms with Crippen molar-refractivity contribution in [1.29, 1.82) is 0 Å². The van der Waals surface area contributed by atoms with E-state index in [2.05, 4.69) is 29.0 Å². The van der Waals surface area contributed by atoms with Crippen LogP contribution in [0.25, 0.3) is 11.3 Å². The summed E-state index contributed by atoms with van der Waals surface area (Å²) in [5.41, 5.74) is 6.14. The van der Waals surface area contributed by atoms with Gasteiger partial charge in [-0.2, -0.15) is 0 Å². The normalized spacial score (nSPS) is 10.6. The summed E-state index contributed by atoms with van der Waals surface area (Å²) in [4.78, 5) is 8.45. The van der Waals surface area contributed by atoms with Crippen molar-refractivity contribution >= 4 is 5.69 Å². The number of hydrazine groups is 1. The maximum Gasteiger partial charge on any atom is 0.122 e. The second-order valence-electron chi connectivity index (χ2n) is 6.04. The topological polar surface area (TPSA) is 64.3 Å². The largest absolute Gasteiger partial charge is 0.489 e. The van der Waals surface area contributed by atoms with E-state index in [9.17, 15) is 0 Å². The number of benzene rings is 2. The molecule has 0 bridgehead atoms. The minimum absolute atomic E-state index is 0.467. The Hall–Kier alpha value is -2.92. The number of anilines is 1. The molecule has 0 saturated carbocycles. The molecule has 2 N–H and O–H groups in total. The number of rotatable bonds is 5. The minimum Gasteiger partial charge on any atom is -0.489 e. The third-order valence-electron chi connectivity index (χ3n) is 4.17. The molecule has 0 radical (unpaired) electrons. The molecule has 2 aromatic carbocycles. The van der Waals surface area contributed by atoms with Crippen molar-refractivity contribution in [2.45, 2.75) is 20.5 Å². The Bertz CT molecular complexity index is 863. The zero-order valence-electron chi connectivity index (χ0n) is 14.7. The fourth-order valence-corrected chi connectivity index (χ4v) is 2.77. The van der Waals surface area contributed by atoms with E-state index in [-0.39, 0.29) is 0 Å². The third-order valence-corrected chi connectivity index (χ3v) is 4.17. The van der Waals surface area contributed by atoms with Crippen LogP contribution in [0.2, 0.25) is 0 Å². The highest BCUT2D eigenvalue weighted by atomic mass is 16.5. The molecule has 0 spiro atoms. The fourth-order valence-electron chi connectivity index (χ4n) is 2.77. The molecule has 0 fully saturated rings. The zero-order valence-corrected chi connectivity index (χ0v) is 14.7. The number of hydrogen-bond donors (Lipinski definition) is 1. The van der Waals surface area contributed by atoms with Crippen LogP contribution in [0.1, 0.15) is 16.7 Å². The van der Waals surface area contributed by atoms with Crippen LogP contribution >= 0.6 is 0 Å². The molecule has 0 aliphatic heterocycles. The molecule has 0 aliphatic rings. The van der Waals surface area contributed by atoms with E-state index in [1.54, 1.807) is 23.6 Å². The molecule has 3 aromatic rings. The molecule has 0 atom stereocenters. The Labute approximate surface area is 148 Å². The highest BCUT2D eigenvalue weighted by Gasteiger charge is 2.10. The molecular formula is C20H22N4O. The van der Waals surface area contributed by atoms with Crippen LogP contribution in [0.15, 0.2) is 55.0 Å². The Morgan fingerprint density at radius 2 is 1.92 bits per heavy atom. The van der Waals surface area contributed by atoms with Crippen molar-refractivity contribution in [2.75, 3.05) is 12.1 Å². The second-order valence-corrected chi connectivity index (χ2v) is 6.04. The minimum atomic E-state index is 0.467. The molecule has 3 rings (SSSR count). The van der Waals surface area contributed by atoms with Gasteiger partial charge < -0.3 is 9.75 Å². The quantitative estimate of drug-likeness (QED) is 0.570. The van der Waals surface area contributed by atoms with E-state index in [0.29, 0.717) is 6.61 Å². The van der Waals surface area contributed by atoms with Crippen LogP contribution in [0.5, 0.6) is 5.75 Å². The van der Waals surface area contributed by atoms with Crippen LogP contribution in [0.3, 0.4) is 0 Å². The number of nitrogens with zero attached hydrogens (tertiary/aromatic N) is 3. The van der Waals surface area contributed by atoms with Crippen molar-refractivity contribution in [2.24, 2.45) is 5.84 Å². The van der Waals surface area contributed by atoms with Gasteiger partial charge in [-0.05, 0) is 49.2 Å². The summed E-state index contributed by atoms with van der Waals surface area (Å²) in [5.74, 6) is 6.78. The maximum atomic E-state index is 6.07. The highest BCUT2D eigenvalue weighted by molar-refractivity contribution is 5.61. The number of nitrogens with two attached hydrogens (primary N) is 1. The van der Waals surface area contributed by atoms with E-state index in [1.165, 1.54) is 0 Å². The number of aryl methyl sites for hydroxylation is 2. The lowest BCUT2D eigenvalue weighted by Gasteiger charge is -2.19. The van der Waals surface area contributed by atoms with Gasteiger partial charge in [0.15, 0.2) is 0 Å². The fraction of sp³-hybridized carbons (Fsp3) is 0.200. The van der Waals surface area contributed by atoms with Crippen molar-refractivity contribution < 1.29 is 4.74 Å². The molecule has 5 nitrogen and oxygen atoms in total. The summed E-state index contributed by atoms with van der Waals surface area (Å²) in [6.45, 7) is 4.56. The Balaban J connectivity index is 1.81. The van der Waals surface area contributed by atoms with Gasteiger partial charge in [0.1, 0.15) is 12.4 Å². The van der Waals surface area contributed by atoms with E-state index < -0.39 is 0 Å². The molecule has 0 saturated heterocycles. The first-order valence-corrected chi connectivity index (χ1v) is 8.13. The molecule has 128 valence electrons. The zero-order chi connectivity index (χ0) is 17.8.